The number of pyridine rings is 1. The molecule has 0 amide bonds. The fourth-order valence-corrected chi connectivity index (χ4v) is 1.18. The van der Waals surface area contributed by atoms with Crippen LogP contribution in [0.15, 0.2) is 12.3 Å². The summed E-state index contributed by atoms with van der Waals surface area (Å²) in [6.07, 6.45) is -3.22. The molecule has 0 aliphatic heterocycles. The molecule has 1 aromatic heterocycles. The number of halogens is 3. The molecular weight excluding hydrogens is 251 g/mol. The maximum atomic E-state index is 12.5. The lowest BCUT2D eigenvalue weighted by molar-refractivity contribution is -0.137. The summed E-state index contributed by atoms with van der Waals surface area (Å²) >= 11 is 3.95. The maximum Gasteiger partial charge on any atom is 0.417 e. The van der Waals surface area contributed by atoms with E-state index in [1.165, 1.54) is 7.11 Å². The van der Waals surface area contributed by atoms with E-state index in [2.05, 4.69) is 29.5 Å². The molecule has 0 saturated carbocycles. The molecule has 1 aromatic rings. The van der Waals surface area contributed by atoms with E-state index in [1.807, 2.05) is 0 Å². The maximum absolute atomic E-state index is 12.5. The van der Waals surface area contributed by atoms with Crippen molar-refractivity contribution >= 4 is 12.6 Å². The fourth-order valence-electron chi connectivity index (χ4n) is 1.07. The van der Waals surface area contributed by atoms with Crippen molar-refractivity contribution in [1.29, 1.82) is 0 Å². The van der Waals surface area contributed by atoms with E-state index >= 15 is 0 Å². The summed E-state index contributed by atoms with van der Waals surface area (Å²) in [5.41, 5.74) is -0.711. The molecule has 0 spiro atoms. The number of methoxy groups -OCH3 is 1. The number of ether oxygens (including phenoxy) is 1. The smallest absolute Gasteiger partial charge is 0.417 e. The molecule has 6 heteroatoms. The minimum absolute atomic E-state index is 0.0877. The highest BCUT2D eigenvalue weighted by Crippen LogP contribution is 2.30. The Morgan fingerprint density at radius 1 is 1.47 bits per heavy atom. The van der Waals surface area contributed by atoms with Crippen molar-refractivity contribution in [1.82, 2.24) is 4.98 Å². The largest absolute Gasteiger partial charge is 0.480 e. The summed E-state index contributed by atoms with van der Waals surface area (Å²) < 4.78 is 42.2. The Hall–Kier alpha value is -1.35. The molecule has 17 heavy (non-hydrogen) atoms. The number of aromatic nitrogens is 1. The van der Waals surface area contributed by atoms with Crippen LogP contribution in [0.4, 0.5) is 13.2 Å². The van der Waals surface area contributed by atoms with Crippen molar-refractivity contribution in [3.05, 3.63) is 23.4 Å². The van der Waals surface area contributed by atoms with Gasteiger partial charge in [0.05, 0.1) is 18.2 Å². The summed E-state index contributed by atoms with van der Waals surface area (Å²) in [4.78, 5) is 3.58. The molecule has 0 aliphatic carbocycles. The number of thiol groups is 1. The number of hydrogen-bond acceptors (Lipinski definition) is 3. The van der Waals surface area contributed by atoms with Gasteiger partial charge < -0.3 is 4.74 Å². The van der Waals surface area contributed by atoms with Crippen LogP contribution in [0.1, 0.15) is 17.5 Å². The second-order valence-corrected chi connectivity index (χ2v) is 3.50. The van der Waals surface area contributed by atoms with Crippen LogP contribution in [0.3, 0.4) is 0 Å². The van der Waals surface area contributed by atoms with Gasteiger partial charge in [0.2, 0.25) is 5.88 Å². The molecule has 0 atom stereocenters. The van der Waals surface area contributed by atoms with Crippen molar-refractivity contribution in [3.63, 3.8) is 0 Å². The van der Waals surface area contributed by atoms with Gasteiger partial charge >= 0.3 is 6.18 Å². The second kappa shape index (κ2) is 5.82. The Kier molecular flexibility index (Phi) is 4.70. The number of alkyl halides is 3. The van der Waals surface area contributed by atoms with Crippen LogP contribution in [-0.4, -0.2) is 17.8 Å². The van der Waals surface area contributed by atoms with Gasteiger partial charge in [0.25, 0.3) is 0 Å². The van der Waals surface area contributed by atoms with E-state index in [1.54, 1.807) is 0 Å². The highest BCUT2D eigenvalue weighted by atomic mass is 32.1. The Balaban J connectivity index is 3.13. The lowest BCUT2D eigenvalue weighted by Crippen LogP contribution is -2.06. The first kappa shape index (κ1) is 13.7. The van der Waals surface area contributed by atoms with Crippen molar-refractivity contribution < 1.29 is 17.9 Å². The molecule has 92 valence electrons. The highest BCUT2D eigenvalue weighted by molar-refractivity contribution is 7.80. The van der Waals surface area contributed by atoms with E-state index in [4.69, 9.17) is 4.74 Å². The van der Waals surface area contributed by atoms with E-state index in [0.717, 1.165) is 12.3 Å². The quantitative estimate of drug-likeness (QED) is 0.653. The van der Waals surface area contributed by atoms with Crippen LogP contribution in [0.5, 0.6) is 5.88 Å². The first-order valence-corrected chi connectivity index (χ1v) is 5.33. The Labute approximate surface area is 103 Å². The molecule has 0 unspecified atom stereocenters. The summed E-state index contributed by atoms with van der Waals surface area (Å²) in [6.45, 7) is 0. The molecule has 0 aromatic carbocycles. The molecule has 0 saturated heterocycles. The zero-order chi connectivity index (χ0) is 12.9. The third-order valence-electron chi connectivity index (χ3n) is 1.83. The molecule has 0 bridgehead atoms. The third kappa shape index (κ3) is 3.86. The summed E-state index contributed by atoms with van der Waals surface area (Å²) in [7, 11) is 1.33. The van der Waals surface area contributed by atoms with Crippen molar-refractivity contribution in [2.45, 2.75) is 12.6 Å². The minimum atomic E-state index is -4.43. The van der Waals surface area contributed by atoms with Gasteiger partial charge in [-0.1, -0.05) is 11.8 Å². The number of hydrogen-bond donors (Lipinski definition) is 1. The molecule has 1 heterocycles. The average molecular weight is 261 g/mol. The van der Waals surface area contributed by atoms with Crippen LogP contribution >= 0.6 is 12.6 Å². The van der Waals surface area contributed by atoms with E-state index < -0.39 is 11.7 Å². The standard InChI is InChI=1S/C11H10F3NOS/c1-16-10-8(4-2-3-5-17)6-9(7-15-10)11(12,13)14/h6-7,17H,3,5H2,1H3. The Morgan fingerprint density at radius 3 is 2.71 bits per heavy atom. The Morgan fingerprint density at radius 2 is 2.18 bits per heavy atom. The molecular formula is C11H10F3NOS. The van der Waals surface area contributed by atoms with Gasteiger partial charge in [-0.05, 0) is 6.07 Å². The normalized spacial score (nSPS) is 10.6. The van der Waals surface area contributed by atoms with E-state index in [-0.39, 0.29) is 11.4 Å². The summed E-state index contributed by atoms with van der Waals surface area (Å²) in [5.74, 6) is 5.91. The van der Waals surface area contributed by atoms with E-state index in [0.29, 0.717) is 12.2 Å². The van der Waals surface area contributed by atoms with Crippen LogP contribution in [0.25, 0.3) is 0 Å². The van der Waals surface area contributed by atoms with Crippen molar-refractivity contribution in [2.75, 3.05) is 12.9 Å². The predicted octanol–water partition coefficient (Wildman–Crippen LogP) is 2.78. The number of rotatable bonds is 2. The predicted molar refractivity (Wildman–Crippen MR) is 61.1 cm³/mol. The zero-order valence-electron chi connectivity index (χ0n) is 9.01. The van der Waals surface area contributed by atoms with Gasteiger partial charge in [-0.15, -0.1) is 0 Å². The zero-order valence-corrected chi connectivity index (χ0v) is 9.90. The van der Waals surface area contributed by atoms with Gasteiger partial charge in [-0.3, -0.25) is 0 Å². The molecule has 0 aliphatic rings. The highest BCUT2D eigenvalue weighted by Gasteiger charge is 2.31. The number of nitrogens with zero attached hydrogens (tertiary/aromatic N) is 1. The van der Waals surface area contributed by atoms with Crippen molar-refractivity contribution in [3.8, 4) is 17.7 Å². The van der Waals surface area contributed by atoms with E-state index in [9.17, 15) is 13.2 Å². The molecule has 2 nitrogen and oxygen atoms in total. The van der Waals surface area contributed by atoms with Crippen LogP contribution in [-0.2, 0) is 6.18 Å². The lowest BCUT2D eigenvalue weighted by Gasteiger charge is -2.08. The molecule has 0 fully saturated rings. The SMILES string of the molecule is COc1ncc(C(F)(F)F)cc1C#CCCS. The van der Waals surface area contributed by atoms with Gasteiger partial charge in [0.1, 0.15) is 0 Å². The molecule has 0 N–H and O–H groups in total. The van der Waals surface area contributed by atoms with Crippen LogP contribution < -0.4 is 4.74 Å². The average Bonchev–Trinajstić information content (AvgIpc) is 2.28. The van der Waals surface area contributed by atoms with Crippen LogP contribution in [0, 0.1) is 11.8 Å². The van der Waals surface area contributed by atoms with Gasteiger partial charge in [0, 0.05) is 18.4 Å². The molecule has 1 rings (SSSR count). The van der Waals surface area contributed by atoms with Crippen LogP contribution in [0.2, 0.25) is 0 Å². The summed E-state index contributed by atoms with van der Waals surface area (Å²) in [6, 6.07) is 0.928. The monoisotopic (exact) mass is 261 g/mol. The second-order valence-electron chi connectivity index (χ2n) is 3.05. The lowest BCUT2D eigenvalue weighted by atomic mass is 10.2. The third-order valence-corrected chi connectivity index (χ3v) is 2.06. The fraction of sp³-hybridized carbons (Fsp3) is 0.364. The minimum Gasteiger partial charge on any atom is -0.480 e. The van der Waals surface area contributed by atoms with Gasteiger partial charge in [0.15, 0.2) is 0 Å². The first-order chi connectivity index (χ1) is 7.99. The van der Waals surface area contributed by atoms with Gasteiger partial charge in [-0.25, -0.2) is 4.98 Å². The Bertz CT molecular complexity index is 448. The van der Waals surface area contributed by atoms with Crippen molar-refractivity contribution in [2.24, 2.45) is 0 Å². The molecule has 0 radical (unpaired) electrons. The topological polar surface area (TPSA) is 22.1 Å². The first-order valence-electron chi connectivity index (χ1n) is 4.70. The summed E-state index contributed by atoms with van der Waals surface area (Å²) in [5, 5.41) is 0. The van der Waals surface area contributed by atoms with Gasteiger partial charge in [-0.2, -0.15) is 25.8 Å².